The summed E-state index contributed by atoms with van der Waals surface area (Å²) in [5.41, 5.74) is 2.05. The molecule has 0 spiro atoms. The summed E-state index contributed by atoms with van der Waals surface area (Å²) in [5, 5.41) is 0.536. The minimum absolute atomic E-state index is 0.0895. The van der Waals surface area contributed by atoms with Crippen molar-refractivity contribution in [1.82, 2.24) is 0 Å². The van der Waals surface area contributed by atoms with E-state index in [0.29, 0.717) is 16.7 Å². The first-order valence-corrected chi connectivity index (χ1v) is 9.72. The molecule has 0 atom stereocenters. The topological polar surface area (TPSA) is 76.4 Å². The Kier molecular flexibility index (Phi) is 4.25. The molecule has 0 aliphatic rings. The molecule has 1 heterocycles. The van der Waals surface area contributed by atoms with Crippen molar-refractivity contribution in [2.24, 2.45) is 0 Å². The summed E-state index contributed by atoms with van der Waals surface area (Å²) in [6.07, 6.45) is 0. The lowest BCUT2D eigenvalue weighted by Crippen LogP contribution is -2.13. The number of fused-ring (bicyclic) bond motifs is 1. The Bertz CT molecular complexity index is 1280. The van der Waals surface area contributed by atoms with E-state index in [2.05, 4.69) is 4.72 Å². The van der Waals surface area contributed by atoms with Gasteiger partial charge in [0.15, 0.2) is 0 Å². The molecule has 6 heteroatoms. The van der Waals surface area contributed by atoms with Gasteiger partial charge in [-0.25, -0.2) is 13.2 Å². The summed E-state index contributed by atoms with van der Waals surface area (Å²) >= 11 is 0. The van der Waals surface area contributed by atoms with Gasteiger partial charge in [-0.2, -0.15) is 0 Å². The Morgan fingerprint density at radius 2 is 1.52 bits per heavy atom. The minimum atomic E-state index is -3.82. The fourth-order valence-electron chi connectivity index (χ4n) is 2.86. The van der Waals surface area contributed by atoms with Crippen LogP contribution in [0, 0.1) is 0 Å². The van der Waals surface area contributed by atoms with E-state index in [0.717, 1.165) is 11.1 Å². The lowest BCUT2D eigenvalue weighted by Gasteiger charge is -2.13. The smallest absolute Gasteiger partial charge is 0.336 e. The van der Waals surface area contributed by atoms with Crippen LogP contribution >= 0.6 is 0 Å². The molecule has 0 bridgehead atoms. The van der Waals surface area contributed by atoms with Crippen molar-refractivity contribution in [3.8, 4) is 11.1 Å². The number of hydrogen-bond acceptors (Lipinski definition) is 4. The van der Waals surface area contributed by atoms with Gasteiger partial charge in [-0.3, -0.25) is 4.72 Å². The standard InChI is InChI=1S/C21H15NO4S/c23-21-13-10-16-14-17(11-12-20(16)26-21)27(24,25)22-19-9-5-4-8-18(19)15-6-2-1-3-7-15/h1-14,22H. The number of para-hydroxylation sites is 1. The van der Waals surface area contributed by atoms with E-state index in [1.165, 1.54) is 30.3 Å². The molecular formula is C21H15NO4S. The van der Waals surface area contributed by atoms with Crippen LogP contribution < -0.4 is 10.3 Å². The van der Waals surface area contributed by atoms with Crippen LogP contribution in [-0.4, -0.2) is 8.42 Å². The Balaban J connectivity index is 1.75. The zero-order valence-electron chi connectivity index (χ0n) is 14.1. The van der Waals surface area contributed by atoms with Crippen LogP contribution in [0.15, 0.2) is 99.0 Å². The first kappa shape index (κ1) is 17.1. The zero-order valence-corrected chi connectivity index (χ0v) is 14.9. The van der Waals surface area contributed by atoms with Gasteiger partial charge >= 0.3 is 5.63 Å². The molecule has 5 nitrogen and oxygen atoms in total. The molecule has 134 valence electrons. The predicted molar refractivity (Wildman–Crippen MR) is 105 cm³/mol. The molecule has 0 saturated heterocycles. The predicted octanol–water partition coefficient (Wildman–Crippen LogP) is 4.26. The number of benzene rings is 3. The highest BCUT2D eigenvalue weighted by molar-refractivity contribution is 7.92. The molecule has 0 aliphatic heterocycles. The van der Waals surface area contributed by atoms with Crippen LogP contribution in [0.1, 0.15) is 0 Å². The molecule has 3 aromatic carbocycles. The highest BCUT2D eigenvalue weighted by Crippen LogP contribution is 2.29. The van der Waals surface area contributed by atoms with Crippen molar-refractivity contribution in [2.45, 2.75) is 4.90 Å². The molecule has 0 aliphatic carbocycles. The van der Waals surface area contributed by atoms with Crippen LogP contribution in [0.25, 0.3) is 22.1 Å². The number of hydrogen-bond donors (Lipinski definition) is 1. The Hall–Kier alpha value is -3.38. The van der Waals surface area contributed by atoms with Crippen molar-refractivity contribution in [3.05, 3.63) is 95.3 Å². The van der Waals surface area contributed by atoms with Gasteiger partial charge in [0.05, 0.1) is 10.6 Å². The molecule has 0 amide bonds. The van der Waals surface area contributed by atoms with Crippen molar-refractivity contribution in [1.29, 1.82) is 0 Å². The average Bonchev–Trinajstić information content (AvgIpc) is 2.68. The Morgan fingerprint density at radius 1 is 0.778 bits per heavy atom. The summed E-state index contributed by atoms with van der Waals surface area (Å²) < 4.78 is 33.5. The third-order valence-corrected chi connectivity index (χ3v) is 5.52. The van der Waals surface area contributed by atoms with Crippen LogP contribution in [-0.2, 0) is 10.0 Å². The fourth-order valence-corrected chi connectivity index (χ4v) is 3.98. The molecule has 27 heavy (non-hydrogen) atoms. The van der Waals surface area contributed by atoms with E-state index in [1.54, 1.807) is 12.1 Å². The maximum Gasteiger partial charge on any atom is 0.336 e. The summed E-state index contributed by atoms with van der Waals surface area (Å²) in [6.45, 7) is 0. The summed E-state index contributed by atoms with van der Waals surface area (Å²) in [4.78, 5) is 11.4. The molecule has 0 saturated carbocycles. The van der Waals surface area contributed by atoms with Crippen LogP contribution in [0.2, 0.25) is 0 Å². The van der Waals surface area contributed by atoms with Crippen molar-refractivity contribution in [2.75, 3.05) is 4.72 Å². The maximum atomic E-state index is 12.9. The maximum absolute atomic E-state index is 12.9. The van der Waals surface area contributed by atoms with Gasteiger partial charge in [-0.1, -0.05) is 48.5 Å². The Labute approximate surface area is 156 Å². The molecule has 4 rings (SSSR count). The second-order valence-electron chi connectivity index (χ2n) is 5.97. The van der Waals surface area contributed by atoms with E-state index < -0.39 is 15.6 Å². The first-order chi connectivity index (χ1) is 13.0. The summed E-state index contributed by atoms with van der Waals surface area (Å²) in [6, 6.07) is 23.9. The second kappa shape index (κ2) is 6.74. The van der Waals surface area contributed by atoms with Crippen molar-refractivity contribution in [3.63, 3.8) is 0 Å². The fraction of sp³-hybridized carbons (Fsp3) is 0. The van der Waals surface area contributed by atoms with Crippen LogP contribution in [0.3, 0.4) is 0 Å². The third kappa shape index (κ3) is 3.47. The van der Waals surface area contributed by atoms with E-state index in [9.17, 15) is 13.2 Å². The van der Waals surface area contributed by atoms with Gasteiger partial charge in [0, 0.05) is 17.0 Å². The SMILES string of the molecule is O=c1ccc2cc(S(=O)(=O)Nc3ccccc3-c3ccccc3)ccc2o1. The largest absolute Gasteiger partial charge is 0.423 e. The number of anilines is 1. The molecule has 1 aromatic heterocycles. The van der Waals surface area contributed by atoms with Gasteiger partial charge in [0.25, 0.3) is 10.0 Å². The summed E-state index contributed by atoms with van der Waals surface area (Å²) in [7, 11) is -3.82. The molecule has 0 radical (unpaired) electrons. The van der Waals surface area contributed by atoms with E-state index in [4.69, 9.17) is 4.42 Å². The molecule has 0 fully saturated rings. The minimum Gasteiger partial charge on any atom is -0.423 e. The van der Waals surface area contributed by atoms with Gasteiger partial charge < -0.3 is 4.42 Å². The van der Waals surface area contributed by atoms with Crippen LogP contribution in [0.5, 0.6) is 0 Å². The first-order valence-electron chi connectivity index (χ1n) is 8.24. The quantitative estimate of drug-likeness (QED) is 0.539. The van der Waals surface area contributed by atoms with Gasteiger partial charge in [0.2, 0.25) is 0 Å². The van der Waals surface area contributed by atoms with Gasteiger partial charge in [-0.15, -0.1) is 0 Å². The summed E-state index contributed by atoms with van der Waals surface area (Å²) in [5.74, 6) is 0. The lowest BCUT2D eigenvalue weighted by molar-refractivity contribution is 0.560. The van der Waals surface area contributed by atoms with Crippen molar-refractivity contribution >= 4 is 26.7 Å². The van der Waals surface area contributed by atoms with Crippen LogP contribution in [0.4, 0.5) is 5.69 Å². The highest BCUT2D eigenvalue weighted by atomic mass is 32.2. The normalized spacial score (nSPS) is 11.4. The second-order valence-corrected chi connectivity index (χ2v) is 7.65. The lowest BCUT2D eigenvalue weighted by atomic mass is 10.0. The van der Waals surface area contributed by atoms with E-state index in [1.807, 2.05) is 42.5 Å². The zero-order chi connectivity index (χ0) is 18.9. The average molecular weight is 377 g/mol. The molecule has 0 unspecified atom stereocenters. The Morgan fingerprint density at radius 3 is 2.33 bits per heavy atom. The number of sulfonamides is 1. The third-order valence-electron chi connectivity index (χ3n) is 4.16. The monoisotopic (exact) mass is 377 g/mol. The molecule has 4 aromatic rings. The van der Waals surface area contributed by atoms with Gasteiger partial charge in [0.1, 0.15) is 5.58 Å². The van der Waals surface area contributed by atoms with E-state index >= 15 is 0 Å². The van der Waals surface area contributed by atoms with E-state index in [-0.39, 0.29) is 4.90 Å². The van der Waals surface area contributed by atoms with Gasteiger partial charge in [-0.05, 0) is 35.9 Å². The molecular weight excluding hydrogens is 362 g/mol. The van der Waals surface area contributed by atoms with Crippen molar-refractivity contribution < 1.29 is 12.8 Å². The highest BCUT2D eigenvalue weighted by Gasteiger charge is 2.17. The molecule has 1 N–H and O–H groups in total. The number of rotatable bonds is 4. The number of nitrogens with one attached hydrogen (secondary N) is 1.